The Morgan fingerprint density at radius 2 is 2.00 bits per heavy atom. The number of H-pyrrole nitrogens is 1. The molecule has 0 fully saturated rings. The van der Waals surface area contributed by atoms with Crippen LogP contribution in [0.4, 0.5) is 16.0 Å². The normalized spacial score (nSPS) is 13.9. The lowest BCUT2D eigenvalue weighted by Gasteiger charge is -2.15. The van der Waals surface area contributed by atoms with E-state index in [-0.39, 0.29) is 11.4 Å². The van der Waals surface area contributed by atoms with Gasteiger partial charge < -0.3 is 5.32 Å². The molecule has 0 atom stereocenters. The molecule has 0 bridgehead atoms. The van der Waals surface area contributed by atoms with E-state index in [0.717, 1.165) is 36.9 Å². The highest BCUT2D eigenvalue weighted by molar-refractivity contribution is 5.54. The van der Waals surface area contributed by atoms with E-state index in [4.69, 9.17) is 0 Å². The van der Waals surface area contributed by atoms with Crippen LogP contribution in [0.2, 0.25) is 0 Å². The summed E-state index contributed by atoms with van der Waals surface area (Å²) in [7, 11) is 0. The van der Waals surface area contributed by atoms with Crippen LogP contribution in [0.1, 0.15) is 24.1 Å². The molecule has 4 nitrogen and oxygen atoms in total. The number of hydrogen-bond acceptors (Lipinski definition) is 3. The van der Waals surface area contributed by atoms with Gasteiger partial charge in [-0.1, -0.05) is 12.1 Å². The van der Waals surface area contributed by atoms with E-state index in [0.29, 0.717) is 11.6 Å². The summed E-state index contributed by atoms with van der Waals surface area (Å²) in [5, 5.41) is 2.82. The zero-order valence-corrected chi connectivity index (χ0v) is 10.4. The Morgan fingerprint density at radius 3 is 2.84 bits per heavy atom. The van der Waals surface area contributed by atoms with Crippen LogP contribution in [-0.2, 0) is 12.8 Å². The van der Waals surface area contributed by atoms with E-state index in [9.17, 15) is 9.18 Å². The number of aromatic nitrogens is 2. The lowest BCUT2D eigenvalue weighted by molar-refractivity contribution is 0.631. The first kappa shape index (κ1) is 11.9. The van der Waals surface area contributed by atoms with E-state index in [1.807, 2.05) is 0 Å². The van der Waals surface area contributed by atoms with Gasteiger partial charge in [0, 0.05) is 5.56 Å². The van der Waals surface area contributed by atoms with Crippen molar-refractivity contribution in [2.75, 3.05) is 5.32 Å². The fourth-order valence-electron chi connectivity index (χ4n) is 2.35. The van der Waals surface area contributed by atoms with Gasteiger partial charge in [-0.25, -0.2) is 9.37 Å². The lowest BCUT2D eigenvalue weighted by Crippen LogP contribution is -2.22. The van der Waals surface area contributed by atoms with Crippen molar-refractivity contribution in [1.82, 2.24) is 9.97 Å². The van der Waals surface area contributed by atoms with Crippen molar-refractivity contribution in [1.29, 1.82) is 0 Å². The SMILES string of the molecule is O=c1[nH]c(Nc2ccccc2F)nc2c1CCCC2. The number of nitrogens with zero attached hydrogens (tertiary/aromatic N) is 1. The largest absolute Gasteiger partial charge is 0.323 e. The van der Waals surface area contributed by atoms with Gasteiger partial charge in [0.05, 0.1) is 11.4 Å². The molecule has 0 spiro atoms. The number of benzene rings is 1. The zero-order valence-electron chi connectivity index (χ0n) is 10.4. The van der Waals surface area contributed by atoms with Crippen LogP contribution in [0.25, 0.3) is 0 Å². The summed E-state index contributed by atoms with van der Waals surface area (Å²) in [4.78, 5) is 19.0. The van der Waals surface area contributed by atoms with Crippen LogP contribution in [0, 0.1) is 5.82 Å². The molecule has 1 heterocycles. The van der Waals surface area contributed by atoms with E-state index in [2.05, 4.69) is 15.3 Å². The maximum atomic E-state index is 13.5. The maximum Gasteiger partial charge on any atom is 0.255 e. The Bertz CT molecular complexity index is 666. The molecular weight excluding hydrogens is 245 g/mol. The van der Waals surface area contributed by atoms with Gasteiger partial charge in [0.1, 0.15) is 5.82 Å². The zero-order chi connectivity index (χ0) is 13.2. The van der Waals surface area contributed by atoms with Crippen molar-refractivity contribution in [3.8, 4) is 0 Å². The molecule has 0 radical (unpaired) electrons. The lowest BCUT2D eigenvalue weighted by atomic mass is 9.97. The average Bonchev–Trinajstić information content (AvgIpc) is 2.42. The average molecular weight is 259 g/mol. The predicted molar refractivity (Wildman–Crippen MR) is 71.2 cm³/mol. The minimum absolute atomic E-state index is 0.122. The van der Waals surface area contributed by atoms with Crippen molar-refractivity contribution in [3.05, 3.63) is 51.7 Å². The van der Waals surface area contributed by atoms with Gasteiger partial charge in [-0.3, -0.25) is 9.78 Å². The number of hydrogen-bond donors (Lipinski definition) is 2. The van der Waals surface area contributed by atoms with Crippen LogP contribution in [0.3, 0.4) is 0 Å². The summed E-state index contributed by atoms with van der Waals surface area (Å²) in [6.45, 7) is 0. The second-order valence-electron chi connectivity index (χ2n) is 4.65. The highest BCUT2D eigenvalue weighted by atomic mass is 19.1. The molecule has 5 heteroatoms. The number of aryl methyl sites for hydroxylation is 1. The van der Waals surface area contributed by atoms with Gasteiger partial charge in [0.2, 0.25) is 5.95 Å². The number of halogens is 1. The summed E-state index contributed by atoms with van der Waals surface area (Å²) >= 11 is 0. The van der Waals surface area contributed by atoms with Crippen LogP contribution >= 0.6 is 0 Å². The molecule has 2 aromatic rings. The summed E-state index contributed by atoms with van der Waals surface area (Å²) in [5.41, 5.74) is 1.78. The van der Waals surface area contributed by atoms with Gasteiger partial charge >= 0.3 is 0 Å². The molecule has 0 unspecified atom stereocenters. The van der Waals surface area contributed by atoms with Crippen LogP contribution < -0.4 is 10.9 Å². The number of anilines is 2. The van der Waals surface area contributed by atoms with Crippen LogP contribution in [0.5, 0.6) is 0 Å². The molecular formula is C14H14FN3O. The Hall–Kier alpha value is -2.17. The van der Waals surface area contributed by atoms with Gasteiger partial charge in [0.25, 0.3) is 5.56 Å². The summed E-state index contributed by atoms with van der Waals surface area (Å²) in [6.07, 6.45) is 3.66. The molecule has 0 saturated carbocycles. The summed E-state index contributed by atoms with van der Waals surface area (Å²) in [6, 6.07) is 6.30. The highest BCUT2D eigenvalue weighted by Gasteiger charge is 2.15. The molecule has 1 aromatic heterocycles. The number of para-hydroxylation sites is 1. The monoisotopic (exact) mass is 259 g/mol. The van der Waals surface area contributed by atoms with Crippen LogP contribution in [-0.4, -0.2) is 9.97 Å². The van der Waals surface area contributed by atoms with Crippen molar-refractivity contribution in [3.63, 3.8) is 0 Å². The first-order valence-corrected chi connectivity index (χ1v) is 6.37. The highest BCUT2D eigenvalue weighted by Crippen LogP contribution is 2.19. The number of rotatable bonds is 2. The van der Waals surface area contributed by atoms with E-state index in [1.54, 1.807) is 18.2 Å². The fraction of sp³-hybridized carbons (Fsp3) is 0.286. The summed E-state index contributed by atoms with van der Waals surface area (Å²) < 4.78 is 13.5. The Balaban J connectivity index is 1.96. The summed E-state index contributed by atoms with van der Waals surface area (Å²) in [5.74, 6) is -0.0707. The Kier molecular flexibility index (Phi) is 3.03. The smallest absolute Gasteiger partial charge is 0.255 e. The predicted octanol–water partition coefficient (Wildman–Crippen LogP) is 2.53. The van der Waals surface area contributed by atoms with E-state index in [1.165, 1.54) is 6.07 Å². The third kappa shape index (κ3) is 2.36. The quantitative estimate of drug-likeness (QED) is 0.871. The third-order valence-electron chi connectivity index (χ3n) is 3.32. The van der Waals surface area contributed by atoms with Gasteiger partial charge in [-0.15, -0.1) is 0 Å². The topological polar surface area (TPSA) is 57.8 Å². The first-order valence-electron chi connectivity index (χ1n) is 6.37. The van der Waals surface area contributed by atoms with Crippen molar-refractivity contribution in [2.45, 2.75) is 25.7 Å². The number of nitrogens with one attached hydrogen (secondary N) is 2. The standard InChI is InChI=1S/C14H14FN3O/c15-10-6-2-4-8-12(10)17-14-16-11-7-3-1-5-9(11)13(19)18-14/h2,4,6,8H,1,3,5,7H2,(H2,16,17,18,19). The fourth-order valence-corrected chi connectivity index (χ4v) is 2.35. The molecule has 3 rings (SSSR count). The third-order valence-corrected chi connectivity index (χ3v) is 3.32. The van der Waals surface area contributed by atoms with Crippen molar-refractivity contribution >= 4 is 11.6 Å². The molecule has 0 amide bonds. The van der Waals surface area contributed by atoms with Crippen LogP contribution in [0.15, 0.2) is 29.1 Å². The van der Waals surface area contributed by atoms with E-state index < -0.39 is 0 Å². The molecule has 1 aliphatic carbocycles. The minimum Gasteiger partial charge on any atom is -0.323 e. The molecule has 98 valence electrons. The van der Waals surface area contributed by atoms with Gasteiger partial charge in [-0.05, 0) is 37.8 Å². The molecule has 2 N–H and O–H groups in total. The second-order valence-corrected chi connectivity index (χ2v) is 4.65. The molecule has 1 aliphatic rings. The Labute approximate surface area is 109 Å². The Morgan fingerprint density at radius 1 is 1.21 bits per heavy atom. The molecule has 19 heavy (non-hydrogen) atoms. The molecule has 0 saturated heterocycles. The maximum absolute atomic E-state index is 13.5. The number of aromatic amines is 1. The van der Waals surface area contributed by atoms with Gasteiger partial charge in [-0.2, -0.15) is 0 Å². The van der Waals surface area contributed by atoms with Gasteiger partial charge in [0.15, 0.2) is 0 Å². The second kappa shape index (κ2) is 4.84. The molecule has 0 aliphatic heterocycles. The minimum atomic E-state index is -0.372. The molecule has 1 aromatic carbocycles. The van der Waals surface area contributed by atoms with E-state index >= 15 is 0 Å². The van der Waals surface area contributed by atoms with Crippen molar-refractivity contribution < 1.29 is 4.39 Å². The number of fused-ring (bicyclic) bond motifs is 1. The van der Waals surface area contributed by atoms with Crippen molar-refractivity contribution in [2.24, 2.45) is 0 Å². The first-order chi connectivity index (χ1) is 9.24.